The number of ketones is 1. The molecule has 1 saturated carbocycles. The van der Waals surface area contributed by atoms with Crippen molar-refractivity contribution >= 4 is 16.9 Å². The van der Waals surface area contributed by atoms with Crippen LogP contribution >= 0.6 is 0 Å². The summed E-state index contributed by atoms with van der Waals surface area (Å²) in [7, 11) is 1.60. The highest BCUT2D eigenvalue weighted by Gasteiger charge is 2.49. The monoisotopic (exact) mass is 247 g/mol. The summed E-state index contributed by atoms with van der Waals surface area (Å²) >= 11 is 0. The maximum atomic E-state index is 12.2. The van der Waals surface area contributed by atoms with Crippen molar-refractivity contribution in [3.8, 4) is 0 Å². The number of hydrogen-bond acceptors (Lipinski definition) is 4. The number of carbonyl (C=O) groups excluding carboxylic acids is 1. The summed E-state index contributed by atoms with van der Waals surface area (Å²) in [5.41, 5.74) is 0.994. The predicted molar refractivity (Wildman–Crippen MR) is 64.5 cm³/mol. The molecule has 0 atom stereocenters. The van der Waals surface area contributed by atoms with Crippen LogP contribution in [0.3, 0.4) is 0 Å². The number of nitrogens with zero attached hydrogens (tertiary/aromatic N) is 1. The molecule has 0 aliphatic heterocycles. The van der Waals surface area contributed by atoms with Gasteiger partial charge in [0.1, 0.15) is 0 Å². The maximum Gasteiger partial charge on any atom is 0.419 e. The minimum atomic E-state index is -0.587. The van der Waals surface area contributed by atoms with E-state index in [2.05, 4.69) is 0 Å². The summed E-state index contributed by atoms with van der Waals surface area (Å²) in [6, 6.07) is 4.92. The molecular weight excluding hydrogens is 234 g/mol. The second kappa shape index (κ2) is 3.55. The van der Waals surface area contributed by atoms with Crippen LogP contribution < -0.4 is 5.76 Å². The van der Waals surface area contributed by atoms with Crippen LogP contribution in [-0.2, 0) is 7.05 Å². The van der Waals surface area contributed by atoms with E-state index in [-0.39, 0.29) is 12.4 Å². The van der Waals surface area contributed by atoms with Crippen LogP contribution in [0.2, 0.25) is 0 Å². The van der Waals surface area contributed by atoms with Gasteiger partial charge < -0.3 is 9.52 Å². The van der Waals surface area contributed by atoms with Crippen molar-refractivity contribution < 1.29 is 14.3 Å². The Labute approximate surface area is 103 Å². The van der Waals surface area contributed by atoms with Gasteiger partial charge in [-0.1, -0.05) is 0 Å². The van der Waals surface area contributed by atoms with Crippen molar-refractivity contribution in [3.05, 3.63) is 34.3 Å². The first-order valence-electron chi connectivity index (χ1n) is 5.83. The summed E-state index contributed by atoms with van der Waals surface area (Å²) in [6.45, 7) is -0.117. The summed E-state index contributed by atoms with van der Waals surface area (Å²) in [5.74, 6) is -0.501. The van der Waals surface area contributed by atoms with E-state index in [1.54, 1.807) is 25.2 Å². The molecule has 0 unspecified atom stereocenters. The summed E-state index contributed by atoms with van der Waals surface area (Å²) in [4.78, 5) is 23.6. The Balaban J connectivity index is 2.11. The Hall–Kier alpha value is -1.88. The number of aromatic nitrogens is 1. The average Bonchev–Trinajstić information content (AvgIpc) is 3.13. The molecule has 18 heavy (non-hydrogen) atoms. The first kappa shape index (κ1) is 11.2. The fraction of sp³-hybridized carbons (Fsp3) is 0.385. The average molecular weight is 247 g/mol. The maximum absolute atomic E-state index is 12.2. The Morgan fingerprint density at radius 3 is 2.83 bits per heavy atom. The first-order valence-corrected chi connectivity index (χ1v) is 5.83. The smallest absolute Gasteiger partial charge is 0.408 e. The minimum absolute atomic E-state index is 0.0550. The van der Waals surface area contributed by atoms with Crippen molar-refractivity contribution in [2.24, 2.45) is 12.5 Å². The number of benzene rings is 1. The largest absolute Gasteiger partial charge is 0.419 e. The zero-order valence-electron chi connectivity index (χ0n) is 9.97. The predicted octanol–water partition coefficient (Wildman–Crippen LogP) is 1.09. The first-order chi connectivity index (χ1) is 8.57. The van der Waals surface area contributed by atoms with Crippen molar-refractivity contribution in [3.63, 3.8) is 0 Å². The lowest BCUT2D eigenvalue weighted by atomic mass is 9.95. The van der Waals surface area contributed by atoms with Gasteiger partial charge in [-0.3, -0.25) is 9.36 Å². The highest BCUT2D eigenvalue weighted by Crippen LogP contribution is 2.47. The van der Waals surface area contributed by atoms with Crippen molar-refractivity contribution in [2.75, 3.05) is 6.61 Å². The molecule has 5 heteroatoms. The Bertz CT molecular complexity index is 691. The number of rotatable bonds is 3. The third-order valence-electron chi connectivity index (χ3n) is 3.69. The fourth-order valence-corrected chi connectivity index (χ4v) is 2.18. The molecule has 0 bridgehead atoms. The molecule has 1 aliphatic carbocycles. The Morgan fingerprint density at radius 2 is 2.22 bits per heavy atom. The van der Waals surface area contributed by atoms with Gasteiger partial charge in [0, 0.05) is 12.6 Å². The van der Waals surface area contributed by atoms with Crippen LogP contribution in [-0.4, -0.2) is 22.1 Å². The summed E-state index contributed by atoms with van der Waals surface area (Å²) in [6.07, 6.45) is 1.45. The van der Waals surface area contributed by atoms with E-state index in [4.69, 9.17) is 4.42 Å². The lowest BCUT2D eigenvalue weighted by Crippen LogP contribution is -2.20. The van der Waals surface area contributed by atoms with Gasteiger partial charge in [-0.25, -0.2) is 4.79 Å². The number of aryl methyl sites for hydroxylation is 1. The number of aliphatic hydroxyl groups excluding tert-OH is 1. The molecule has 5 nitrogen and oxygen atoms in total. The third kappa shape index (κ3) is 1.44. The van der Waals surface area contributed by atoms with E-state index in [1.165, 1.54) is 4.57 Å². The van der Waals surface area contributed by atoms with Crippen LogP contribution in [0.25, 0.3) is 11.1 Å². The SMILES string of the molecule is Cn1c(=O)oc2ccc(C(=O)C3(CO)CC3)cc21. The van der Waals surface area contributed by atoms with E-state index in [0.717, 1.165) is 12.8 Å². The number of Topliss-reactive ketones (excluding diaryl/α,β-unsaturated/α-hetero) is 1. The van der Waals surface area contributed by atoms with E-state index in [1.807, 2.05) is 0 Å². The van der Waals surface area contributed by atoms with E-state index in [0.29, 0.717) is 16.7 Å². The van der Waals surface area contributed by atoms with Crippen LogP contribution in [0.15, 0.2) is 27.4 Å². The van der Waals surface area contributed by atoms with Crippen LogP contribution in [0.1, 0.15) is 23.2 Å². The van der Waals surface area contributed by atoms with Gasteiger partial charge >= 0.3 is 5.76 Å². The van der Waals surface area contributed by atoms with Gasteiger partial charge in [0.05, 0.1) is 17.5 Å². The third-order valence-corrected chi connectivity index (χ3v) is 3.69. The van der Waals surface area contributed by atoms with Crippen LogP contribution in [0, 0.1) is 5.41 Å². The molecule has 0 spiro atoms. The van der Waals surface area contributed by atoms with Gasteiger partial charge in [-0.15, -0.1) is 0 Å². The molecule has 1 N–H and O–H groups in total. The number of aliphatic hydroxyl groups is 1. The second-order valence-corrected chi connectivity index (χ2v) is 4.88. The molecule has 0 saturated heterocycles. The molecule has 94 valence electrons. The lowest BCUT2D eigenvalue weighted by Gasteiger charge is -2.09. The summed E-state index contributed by atoms with van der Waals surface area (Å²) < 4.78 is 6.37. The Kier molecular flexibility index (Phi) is 2.22. The second-order valence-electron chi connectivity index (χ2n) is 4.88. The topological polar surface area (TPSA) is 72.4 Å². The number of hydrogen-bond donors (Lipinski definition) is 1. The van der Waals surface area contributed by atoms with E-state index >= 15 is 0 Å². The molecule has 1 heterocycles. The van der Waals surface area contributed by atoms with Gasteiger partial charge in [0.25, 0.3) is 0 Å². The normalized spacial score (nSPS) is 17.0. The molecule has 0 amide bonds. The van der Waals surface area contributed by atoms with E-state index < -0.39 is 11.2 Å². The van der Waals surface area contributed by atoms with Crippen molar-refractivity contribution in [2.45, 2.75) is 12.8 Å². The molecular formula is C13H13NO4. The van der Waals surface area contributed by atoms with Gasteiger partial charge in [-0.05, 0) is 31.0 Å². The molecule has 1 aromatic heterocycles. The highest BCUT2D eigenvalue weighted by atomic mass is 16.4. The van der Waals surface area contributed by atoms with Gasteiger partial charge in [0.15, 0.2) is 11.4 Å². The molecule has 1 aliphatic rings. The van der Waals surface area contributed by atoms with Gasteiger partial charge in [-0.2, -0.15) is 0 Å². The standard InChI is InChI=1S/C13H13NO4/c1-14-9-6-8(2-3-10(9)18-12(14)17)11(16)13(7-15)4-5-13/h2-3,6,15H,4-5,7H2,1H3. The molecule has 2 aromatic rings. The molecule has 3 rings (SSSR count). The van der Waals surface area contributed by atoms with E-state index in [9.17, 15) is 14.7 Å². The quantitative estimate of drug-likeness (QED) is 0.824. The molecule has 1 fully saturated rings. The zero-order chi connectivity index (χ0) is 12.9. The summed E-state index contributed by atoms with van der Waals surface area (Å²) in [5, 5.41) is 9.27. The Morgan fingerprint density at radius 1 is 1.50 bits per heavy atom. The lowest BCUT2D eigenvalue weighted by molar-refractivity contribution is 0.0830. The highest BCUT2D eigenvalue weighted by molar-refractivity contribution is 6.04. The molecule has 1 aromatic carbocycles. The number of fused-ring (bicyclic) bond motifs is 1. The van der Waals surface area contributed by atoms with Gasteiger partial charge in [0.2, 0.25) is 0 Å². The number of oxazole rings is 1. The zero-order valence-corrected chi connectivity index (χ0v) is 9.97. The van der Waals surface area contributed by atoms with Crippen LogP contribution in [0.4, 0.5) is 0 Å². The minimum Gasteiger partial charge on any atom is -0.408 e. The van der Waals surface area contributed by atoms with Crippen LogP contribution in [0.5, 0.6) is 0 Å². The fourth-order valence-electron chi connectivity index (χ4n) is 2.18. The van der Waals surface area contributed by atoms with Crippen molar-refractivity contribution in [1.29, 1.82) is 0 Å². The van der Waals surface area contributed by atoms with Crippen molar-refractivity contribution in [1.82, 2.24) is 4.57 Å². The number of carbonyl (C=O) groups is 1. The molecule has 0 radical (unpaired) electrons.